The lowest BCUT2D eigenvalue weighted by atomic mass is 10.0. The molecule has 1 aromatic carbocycles. The van der Waals surface area contributed by atoms with Crippen molar-refractivity contribution in [3.63, 3.8) is 0 Å². The SMILES string of the molecule is Cc1ccc(S(=O)(=O)n2cc(-c3cc(NC4CCN(C(C)C)CC4)ncc3C)cc2C(=O)O)cc1. The van der Waals surface area contributed by atoms with Gasteiger partial charge in [-0.25, -0.2) is 22.2 Å². The molecular weight excluding hydrogens is 464 g/mol. The van der Waals surface area contributed by atoms with E-state index in [0.717, 1.165) is 46.6 Å². The average molecular weight is 497 g/mol. The van der Waals surface area contributed by atoms with Gasteiger partial charge in [-0.2, -0.15) is 0 Å². The number of aromatic nitrogens is 2. The minimum absolute atomic E-state index is 0.0364. The second-order valence-electron chi connectivity index (χ2n) is 9.47. The van der Waals surface area contributed by atoms with E-state index in [0.29, 0.717) is 23.5 Å². The Kier molecular flexibility index (Phi) is 7.00. The molecule has 35 heavy (non-hydrogen) atoms. The predicted octanol–water partition coefficient (Wildman–Crippen LogP) is 4.39. The number of rotatable bonds is 7. The number of hydrogen-bond donors (Lipinski definition) is 2. The summed E-state index contributed by atoms with van der Waals surface area (Å²) in [5, 5.41) is 13.3. The van der Waals surface area contributed by atoms with Gasteiger partial charge in [0.25, 0.3) is 10.0 Å². The molecule has 0 unspecified atom stereocenters. The molecule has 4 rings (SSSR count). The molecule has 2 N–H and O–H groups in total. The molecule has 0 amide bonds. The number of likely N-dealkylation sites (tertiary alicyclic amines) is 1. The van der Waals surface area contributed by atoms with E-state index in [9.17, 15) is 18.3 Å². The van der Waals surface area contributed by atoms with Crippen LogP contribution in [0.25, 0.3) is 11.1 Å². The first-order chi connectivity index (χ1) is 16.6. The molecule has 0 aliphatic carbocycles. The molecule has 1 saturated heterocycles. The molecule has 3 aromatic rings. The smallest absolute Gasteiger partial charge is 0.353 e. The maximum atomic E-state index is 13.3. The van der Waals surface area contributed by atoms with Crippen molar-refractivity contribution >= 4 is 21.8 Å². The molecule has 8 nitrogen and oxygen atoms in total. The second kappa shape index (κ2) is 9.83. The van der Waals surface area contributed by atoms with Crippen LogP contribution in [0.4, 0.5) is 5.82 Å². The van der Waals surface area contributed by atoms with E-state index in [4.69, 9.17) is 0 Å². The van der Waals surface area contributed by atoms with Crippen molar-refractivity contribution in [3.8, 4) is 11.1 Å². The lowest BCUT2D eigenvalue weighted by molar-refractivity contribution is 0.0689. The van der Waals surface area contributed by atoms with E-state index >= 15 is 0 Å². The van der Waals surface area contributed by atoms with Crippen LogP contribution in [0.5, 0.6) is 0 Å². The van der Waals surface area contributed by atoms with Crippen LogP contribution in [0.2, 0.25) is 0 Å². The number of benzene rings is 1. The molecule has 3 heterocycles. The molecule has 0 bridgehead atoms. The Hall–Kier alpha value is -3.17. The molecule has 1 fully saturated rings. The van der Waals surface area contributed by atoms with E-state index in [1.54, 1.807) is 18.3 Å². The van der Waals surface area contributed by atoms with Crippen LogP contribution >= 0.6 is 0 Å². The average Bonchev–Trinajstić information content (AvgIpc) is 3.28. The van der Waals surface area contributed by atoms with Crippen molar-refractivity contribution in [3.05, 3.63) is 65.6 Å². The van der Waals surface area contributed by atoms with Crippen LogP contribution in [0.3, 0.4) is 0 Å². The monoisotopic (exact) mass is 496 g/mol. The highest BCUT2D eigenvalue weighted by atomic mass is 32.2. The number of carbonyl (C=O) groups is 1. The van der Waals surface area contributed by atoms with Gasteiger partial charge in [-0.15, -0.1) is 0 Å². The van der Waals surface area contributed by atoms with Crippen LogP contribution < -0.4 is 5.32 Å². The Balaban J connectivity index is 1.65. The van der Waals surface area contributed by atoms with E-state index < -0.39 is 16.0 Å². The second-order valence-corrected chi connectivity index (χ2v) is 11.3. The maximum Gasteiger partial charge on any atom is 0.353 e. The fraction of sp³-hybridized carbons (Fsp3) is 0.385. The summed E-state index contributed by atoms with van der Waals surface area (Å²) in [4.78, 5) is 19.0. The van der Waals surface area contributed by atoms with Crippen molar-refractivity contribution in [1.82, 2.24) is 13.9 Å². The summed E-state index contributed by atoms with van der Waals surface area (Å²) < 4.78 is 27.4. The summed E-state index contributed by atoms with van der Waals surface area (Å²) in [6.45, 7) is 10.2. The third-order valence-electron chi connectivity index (χ3n) is 6.61. The lowest BCUT2D eigenvalue weighted by Gasteiger charge is -2.35. The van der Waals surface area contributed by atoms with Crippen molar-refractivity contribution in [2.75, 3.05) is 18.4 Å². The van der Waals surface area contributed by atoms with Crippen LogP contribution in [0, 0.1) is 13.8 Å². The van der Waals surface area contributed by atoms with E-state index in [-0.39, 0.29) is 10.6 Å². The van der Waals surface area contributed by atoms with Gasteiger partial charge < -0.3 is 15.3 Å². The highest BCUT2D eigenvalue weighted by Crippen LogP contribution is 2.30. The molecular formula is C26H32N4O4S. The van der Waals surface area contributed by atoms with E-state index in [1.165, 1.54) is 24.4 Å². The number of aromatic carboxylic acids is 1. The zero-order chi connectivity index (χ0) is 25.3. The number of piperidine rings is 1. The molecule has 186 valence electrons. The van der Waals surface area contributed by atoms with Crippen LogP contribution in [-0.2, 0) is 10.0 Å². The predicted molar refractivity (Wildman–Crippen MR) is 136 cm³/mol. The Labute approximate surface area is 206 Å². The summed E-state index contributed by atoms with van der Waals surface area (Å²) in [5.74, 6) is -0.617. The van der Waals surface area contributed by atoms with Crippen LogP contribution in [0.1, 0.15) is 48.3 Å². The Morgan fingerprint density at radius 3 is 2.37 bits per heavy atom. The van der Waals surface area contributed by atoms with E-state index in [1.807, 2.05) is 19.9 Å². The third kappa shape index (κ3) is 5.26. The third-order valence-corrected chi connectivity index (χ3v) is 8.30. The lowest BCUT2D eigenvalue weighted by Crippen LogP contribution is -2.42. The number of carboxylic acids is 1. The molecule has 9 heteroatoms. The van der Waals surface area contributed by atoms with Crippen molar-refractivity contribution in [2.45, 2.75) is 57.5 Å². The topological polar surface area (TPSA) is 105 Å². The number of anilines is 1. The molecule has 1 aliphatic rings. The van der Waals surface area contributed by atoms with Gasteiger partial charge in [0.1, 0.15) is 11.5 Å². The van der Waals surface area contributed by atoms with Gasteiger partial charge in [0, 0.05) is 43.1 Å². The highest BCUT2D eigenvalue weighted by molar-refractivity contribution is 7.90. The number of hydrogen-bond acceptors (Lipinski definition) is 6. The quantitative estimate of drug-likeness (QED) is 0.500. The summed E-state index contributed by atoms with van der Waals surface area (Å²) in [6, 6.07) is 10.5. The summed E-state index contributed by atoms with van der Waals surface area (Å²) in [6.07, 6.45) is 5.13. The van der Waals surface area contributed by atoms with Gasteiger partial charge in [-0.3, -0.25) is 0 Å². The number of nitrogens with zero attached hydrogens (tertiary/aromatic N) is 3. The fourth-order valence-electron chi connectivity index (χ4n) is 4.45. The Morgan fingerprint density at radius 2 is 1.77 bits per heavy atom. The zero-order valence-corrected chi connectivity index (χ0v) is 21.3. The summed E-state index contributed by atoms with van der Waals surface area (Å²) in [5.41, 5.74) is 2.68. The first-order valence-electron chi connectivity index (χ1n) is 11.8. The Morgan fingerprint density at radius 1 is 1.11 bits per heavy atom. The van der Waals surface area contributed by atoms with Crippen molar-refractivity contribution < 1.29 is 18.3 Å². The fourth-order valence-corrected chi connectivity index (χ4v) is 5.80. The normalized spacial score (nSPS) is 15.5. The largest absolute Gasteiger partial charge is 0.477 e. The number of nitrogens with one attached hydrogen (secondary N) is 1. The van der Waals surface area contributed by atoms with Gasteiger partial charge in [-0.1, -0.05) is 17.7 Å². The minimum atomic E-state index is -4.08. The number of aryl methyl sites for hydroxylation is 2. The van der Waals surface area contributed by atoms with Crippen molar-refractivity contribution in [2.24, 2.45) is 0 Å². The zero-order valence-electron chi connectivity index (χ0n) is 20.5. The highest BCUT2D eigenvalue weighted by Gasteiger charge is 2.26. The summed E-state index contributed by atoms with van der Waals surface area (Å²) >= 11 is 0. The molecule has 2 aromatic heterocycles. The summed E-state index contributed by atoms with van der Waals surface area (Å²) in [7, 11) is -4.08. The molecule has 0 radical (unpaired) electrons. The van der Waals surface area contributed by atoms with Gasteiger partial charge in [0.05, 0.1) is 4.90 Å². The van der Waals surface area contributed by atoms with Gasteiger partial charge in [0.2, 0.25) is 0 Å². The first kappa shape index (κ1) is 24.9. The molecule has 0 spiro atoms. The minimum Gasteiger partial charge on any atom is -0.477 e. The molecule has 1 aliphatic heterocycles. The first-order valence-corrected chi connectivity index (χ1v) is 13.3. The van der Waals surface area contributed by atoms with Crippen LogP contribution in [0.15, 0.2) is 53.7 Å². The number of carboxylic acid groups (broad SMARTS) is 1. The van der Waals surface area contributed by atoms with Gasteiger partial charge in [0.15, 0.2) is 0 Å². The van der Waals surface area contributed by atoms with Gasteiger partial charge in [-0.05, 0) is 75.9 Å². The van der Waals surface area contributed by atoms with Crippen molar-refractivity contribution in [1.29, 1.82) is 0 Å². The molecule has 0 atom stereocenters. The standard InChI is InChI=1S/C26H32N4O4S/c1-17(2)29-11-9-21(10-12-29)28-25-14-23(19(4)15-27-25)20-13-24(26(31)32)30(16-20)35(33,34)22-7-5-18(3)6-8-22/h5-8,13-17,21H,9-12H2,1-4H3,(H,27,28)(H,31,32). The van der Waals surface area contributed by atoms with Gasteiger partial charge >= 0.3 is 5.97 Å². The van der Waals surface area contributed by atoms with E-state index in [2.05, 4.69) is 29.0 Å². The maximum absolute atomic E-state index is 13.3. The Bertz CT molecular complexity index is 1320. The number of pyridine rings is 1. The molecule has 0 saturated carbocycles. The van der Waals surface area contributed by atoms with Crippen LogP contribution in [-0.4, -0.2) is 58.5 Å².